The molecular weight excluding hydrogens is 220 g/mol. The van der Waals surface area contributed by atoms with Crippen LogP contribution in [0, 0.1) is 0 Å². The number of carbonyl (C=O) groups excluding carboxylic acids is 1. The highest BCUT2D eigenvalue weighted by molar-refractivity contribution is 5.93. The Morgan fingerprint density at radius 2 is 2.06 bits per heavy atom. The first kappa shape index (κ1) is 12.1. The first-order valence-corrected chi connectivity index (χ1v) is 6.10. The molecule has 2 N–H and O–H groups in total. The molecule has 5 nitrogen and oxygen atoms in total. The summed E-state index contributed by atoms with van der Waals surface area (Å²) in [5.41, 5.74) is 0. The van der Waals surface area contributed by atoms with Gasteiger partial charge in [-0.25, -0.2) is 4.79 Å². The van der Waals surface area contributed by atoms with E-state index in [0.717, 1.165) is 31.5 Å². The number of carbonyl (C=O) groups is 2. The molecule has 17 heavy (non-hydrogen) atoms. The second-order valence-corrected chi connectivity index (χ2v) is 4.73. The van der Waals surface area contributed by atoms with E-state index in [0.29, 0.717) is 6.04 Å². The highest BCUT2D eigenvalue weighted by atomic mass is 16.4. The van der Waals surface area contributed by atoms with Gasteiger partial charge >= 0.3 is 5.97 Å². The predicted molar refractivity (Wildman–Crippen MR) is 62.5 cm³/mol. The molecule has 2 unspecified atom stereocenters. The molecule has 1 amide bonds. The fourth-order valence-electron chi connectivity index (χ4n) is 2.75. The highest BCUT2D eigenvalue weighted by Crippen LogP contribution is 2.26. The van der Waals surface area contributed by atoms with E-state index in [-0.39, 0.29) is 11.9 Å². The Morgan fingerprint density at radius 1 is 1.24 bits per heavy atom. The predicted octanol–water partition coefficient (Wildman–Crippen LogP) is 0.370. The average Bonchev–Trinajstić information content (AvgIpc) is 2.73. The fourth-order valence-corrected chi connectivity index (χ4v) is 2.75. The van der Waals surface area contributed by atoms with Gasteiger partial charge < -0.3 is 15.3 Å². The largest absolute Gasteiger partial charge is 0.478 e. The molecule has 0 spiro atoms. The molecule has 2 fully saturated rings. The Bertz CT molecular complexity index is 341. The van der Waals surface area contributed by atoms with Gasteiger partial charge in [0.05, 0.1) is 0 Å². The van der Waals surface area contributed by atoms with Gasteiger partial charge in [-0.15, -0.1) is 0 Å². The standard InChI is InChI=1S/C12H18N2O3/c15-11(3-4-12(16)17)13-9-5-7-14-6-1-2-10(14)8-9/h3-4,9-10H,1-2,5-8H2,(H,13,15)(H,16,17)/b4-3+. The molecule has 0 saturated carbocycles. The molecule has 2 atom stereocenters. The molecule has 2 saturated heterocycles. The molecule has 0 aliphatic carbocycles. The number of hydrogen-bond acceptors (Lipinski definition) is 3. The van der Waals surface area contributed by atoms with E-state index in [1.807, 2.05) is 0 Å². The number of aliphatic carboxylic acids is 1. The van der Waals surface area contributed by atoms with Crippen LogP contribution in [-0.2, 0) is 9.59 Å². The monoisotopic (exact) mass is 238 g/mol. The number of fused-ring (bicyclic) bond motifs is 1. The second-order valence-electron chi connectivity index (χ2n) is 4.73. The van der Waals surface area contributed by atoms with Crippen molar-refractivity contribution in [3.63, 3.8) is 0 Å². The molecule has 0 radical (unpaired) electrons. The van der Waals surface area contributed by atoms with Crippen molar-refractivity contribution in [1.82, 2.24) is 10.2 Å². The molecule has 2 rings (SSSR count). The Morgan fingerprint density at radius 3 is 2.82 bits per heavy atom. The lowest BCUT2D eigenvalue weighted by Gasteiger charge is -2.34. The zero-order chi connectivity index (χ0) is 12.3. The van der Waals surface area contributed by atoms with E-state index in [1.54, 1.807) is 0 Å². The van der Waals surface area contributed by atoms with E-state index in [9.17, 15) is 9.59 Å². The molecule has 2 aliphatic heterocycles. The SMILES string of the molecule is O=C(O)/C=C/C(=O)NC1CCN2CCCC2C1. The van der Waals surface area contributed by atoms with Gasteiger partial charge in [0.15, 0.2) is 0 Å². The summed E-state index contributed by atoms with van der Waals surface area (Å²) in [6, 6.07) is 0.804. The lowest BCUT2D eigenvalue weighted by atomic mass is 9.97. The van der Waals surface area contributed by atoms with Gasteiger partial charge in [-0.1, -0.05) is 0 Å². The maximum Gasteiger partial charge on any atom is 0.328 e. The number of rotatable bonds is 3. The van der Waals surface area contributed by atoms with E-state index in [1.165, 1.54) is 19.4 Å². The van der Waals surface area contributed by atoms with Crippen LogP contribution in [0.4, 0.5) is 0 Å². The topological polar surface area (TPSA) is 69.6 Å². The number of hydrogen-bond donors (Lipinski definition) is 2. The Kier molecular flexibility index (Phi) is 3.78. The molecule has 0 aromatic rings. The van der Waals surface area contributed by atoms with Crippen LogP contribution < -0.4 is 5.32 Å². The summed E-state index contributed by atoms with van der Waals surface area (Å²) in [5, 5.41) is 11.3. The zero-order valence-electron chi connectivity index (χ0n) is 9.76. The van der Waals surface area contributed by atoms with Crippen LogP contribution in [0.15, 0.2) is 12.2 Å². The number of piperidine rings is 1. The normalized spacial score (nSPS) is 29.2. The smallest absolute Gasteiger partial charge is 0.328 e. The summed E-state index contributed by atoms with van der Waals surface area (Å²) in [6.07, 6.45) is 6.39. The highest BCUT2D eigenvalue weighted by Gasteiger charge is 2.31. The van der Waals surface area contributed by atoms with E-state index < -0.39 is 5.97 Å². The van der Waals surface area contributed by atoms with Crippen LogP contribution in [0.1, 0.15) is 25.7 Å². The first-order chi connectivity index (χ1) is 8.15. The van der Waals surface area contributed by atoms with Crippen molar-refractivity contribution < 1.29 is 14.7 Å². The lowest BCUT2D eigenvalue weighted by Crippen LogP contribution is -2.47. The Balaban J connectivity index is 1.80. The maximum absolute atomic E-state index is 11.4. The minimum absolute atomic E-state index is 0.195. The summed E-state index contributed by atoms with van der Waals surface area (Å²) in [6.45, 7) is 2.22. The van der Waals surface area contributed by atoms with E-state index in [2.05, 4.69) is 10.2 Å². The van der Waals surface area contributed by atoms with Gasteiger partial charge in [0.1, 0.15) is 0 Å². The Hall–Kier alpha value is -1.36. The minimum Gasteiger partial charge on any atom is -0.478 e. The summed E-state index contributed by atoms with van der Waals surface area (Å²) in [4.78, 5) is 24.2. The summed E-state index contributed by atoms with van der Waals surface area (Å²) < 4.78 is 0. The summed E-state index contributed by atoms with van der Waals surface area (Å²) in [7, 11) is 0. The van der Waals surface area contributed by atoms with Gasteiger partial charge in [-0.3, -0.25) is 4.79 Å². The minimum atomic E-state index is -1.09. The number of carboxylic acid groups (broad SMARTS) is 1. The van der Waals surface area contributed by atoms with Crippen LogP contribution in [0.3, 0.4) is 0 Å². The van der Waals surface area contributed by atoms with Gasteiger partial charge in [-0.2, -0.15) is 0 Å². The Labute approximate surface area is 100 Å². The third-order valence-electron chi connectivity index (χ3n) is 3.54. The quantitative estimate of drug-likeness (QED) is 0.697. The summed E-state index contributed by atoms with van der Waals surface area (Å²) in [5.74, 6) is -1.39. The molecule has 0 aromatic heterocycles. The number of nitrogens with zero attached hydrogens (tertiary/aromatic N) is 1. The van der Waals surface area contributed by atoms with Gasteiger partial charge in [0.25, 0.3) is 0 Å². The average molecular weight is 238 g/mol. The number of carboxylic acids is 1. The third kappa shape index (κ3) is 3.30. The molecule has 2 heterocycles. The van der Waals surface area contributed by atoms with Crippen molar-refractivity contribution in [3.8, 4) is 0 Å². The van der Waals surface area contributed by atoms with Crippen molar-refractivity contribution in [2.45, 2.75) is 37.8 Å². The van der Waals surface area contributed by atoms with Crippen molar-refractivity contribution in [3.05, 3.63) is 12.2 Å². The van der Waals surface area contributed by atoms with Crippen LogP contribution in [0.5, 0.6) is 0 Å². The van der Waals surface area contributed by atoms with Crippen LogP contribution in [0.2, 0.25) is 0 Å². The lowest BCUT2D eigenvalue weighted by molar-refractivity contribution is -0.131. The van der Waals surface area contributed by atoms with Crippen LogP contribution >= 0.6 is 0 Å². The molecule has 0 aromatic carbocycles. The third-order valence-corrected chi connectivity index (χ3v) is 3.54. The van der Waals surface area contributed by atoms with E-state index >= 15 is 0 Å². The van der Waals surface area contributed by atoms with Gasteiger partial charge in [0, 0.05) is 30.8 Å². The van der Waals surface area contributed by atoms with Crippen molar-refractivity contribution >= 4 is 11.9 Å². The van der Waals surface area contributed by atoms with Crippen molar-refractivity contribution in [2.75, 3.05) is 13.1 Å². The van der Waals surface area contributed by atoms with E-state index in [4.69, 9.17) is 5.11 Å². The van der Waals surface area contributed by atoms with Crippen LogP contribution in [0.25, 0.3) is 0 Å². The van der Waals surface area contributed by atoms with Crippen molar-refractivity contribution in [2.24, 2.45) is 0 Å². The van der Waals surface area contributed by atoms with Crippen LogP contribution in [-0.4, -0.2) is 47.1 Å². The fraction of sp³-hybridized carbons (Fsp3) is 0.667. The molecular formula is C12H18N2O3. The van der Waals surface area contributed by atoms with Gasteiger partial charge in [-0.05, 0) is 32.2 Å². The zero-order valence-corrected chi connectivity index (χ0v) is 9.76. The maximum atomic E-state index is 11.4. The molecule has 94 valence electrons. The molecule has 0 bridgehead atoms. The molecule has 5 heteroatoms. The number of nitrogens with one attached hydrogen (secondary N) is 1. The van der Waals surface area contributed by atoms with Crippen molar-refractivity contribution in [1.29, 1.82) is 0 Å². The molecule has 2 aliphatic rings. The number of amides is 1. The first-order valence-electron chi connectivity index (χ1n) is 6.10. The summed E-state index contributed by atoms with van der Waals surface area (Å²) >= 11 is 0. The second kappa shape index (κ2) is 5.31. The van der Waals surface area contributed by atoms with Gasteiger partial charge in [0.2, 0.25) is 5.91 Å².